The molecule has 0 unspecified atom stereocenters. The summed E-state index contributed by atoms with van der Waals surface area (Å²) in [5.74, 6) is -1.83. The zero-order valence-electron chi connectivity index (χ0n) is 18.5. The molecule has 15 heteroatoms. The molecule has 2 fully saturated rings. The lowest BCUT2D eigenvalue weighted by Crippen LogP contribution is -2.52. The van der Waals surface area contributed by atoms with Crippen molar-refractivity contribution in [1.82, 2.24) is 9.80 Å². The fraction of sp³-hybridized carbons (Fsp3) is 0.571. The smallest absolute Gasteiger partial charge is 0.434 e. The van der Waals surface area contributed by atoms with Crippen LogP contribution in [0.4, 0.5) is 35.5 Å². The van der Waals surface area contributed by atoms with Gasteiger partial charge in [0.15, 0.2) is 0 Å². The lowest BCUT2D eigenvalue weighted by Gasteiger charge is -2.35. The zero-order chi connectivity index (χ0) is 26.9. The van der Waals surface area contributed by atoms with Gasteiger partial charge in [0.1, 0.15) is 35.2 Å². The quantitative estimate of drug-likeness (QED) is 0.540. The van der Waals surface area contributed by atoms with Crippen molar-refractivity contribution in [3.63, 3.8) is 0 Å². The molecule has 1 saturated heterocycles. The van der Waals surface area contributed by atoms with Gasteiger partial charge in [0.25, 0.3) is 6.10 Å². The Morgan fingerprint density at radius 2 is 1.67 bits per heavy atom. The maximum atomic E-state index is 14.5. The normalized spacial score (nSPS) is 18.0. The fourth-order valence-corrected chi connectivity index (χ4v) is 3.59. The number of carboxylic acids is 1. The molecule has 0 spiro atoms. The van der Waals surface area contributed by atoms with Crippen LogP contribution in [0.2, 0.25) is 0 Å². The zero-order valence-corrected chi connectivity index (χ0v) is 18.5. The molecule has 0 bridgehead atoms. The Bertz CT molecular complexity index is 1030. The predicted molar refractivity (Wildman–Crippen MR) is 105 cm³/mol. The summed E-state index contributed by atoms with van der Waals surface area (Å²) < 4.78 is 99.5. The molecule has 8 nitrogen and oxygen atoms in total. The SMILES string of the molecule is N#Cc1c(OCC2(C(=O)O)CC2)ccc(F)c1CN1CCN(C(=O)OC(C(F)(F)F)C(F)(F)F)CC1. The van der Waals surface area contributed by atoms with Crippen molar-refractivity contribution in [3.05, 3.63) is 29.1 Å². The minimum absolute atomic E-state index is 0.0195. The monoisotopic (exact) mass is 527 g/mol. The number of hydrogen-bond acceptors (Lipinski definition) is 6. The lowest BCUT2D eigenvalue weighted by atomic mass is 10.0. The third kappa shape index (κ3) is 6.10. The first-order valence-corrected chi connectivity index (χ1v) is 10.6. The van der Waals surface area contributed by atoms with Crippen LogP contribution < -0.4 is 4.74 Å². The Kier molecular flexibility index (Phi) is 7.58. The number of piperazine rings is 1. The number of alkyl halides is 6. The summed E-state index contributed by atoms with van der Waals surface area (Å²) in [5, 5.41) is 18.8. The summed E-state index contributed by atoms with van der Waals surface area (Å²) in [5.41, 5.74) is -1.31. The number of carbonyl (C=O) groups excluding carboxylic acids is 1. The summed E-state index contributed by atoms with van der Waals surface area (Å²) in [6.07, 6.45) is -16.9. The summed E-state index contributed by atoms with van der Waals surface area (Å²) >= 11 is 0. The van der Waals surface area contributed by atoms with Crippen LogP contribution in [-0.2, 0) is 16.1 Å². The van der Waals surface area contributed by atoms with Gasteiger partial charge in [0, 0.05) is 38.3 Å². The van der Waals surface area contributed by atoms with Crippen LogP contribution in [0.3, 0.4) is 0 Å². The first-order chi connectivity index (χ1) is 16.7. The number of carboxylic acid groups (broad SMARTS) is 1. The van der Waals surface area contributed by atoms with Crippen LogP contribution in [0.15, 0.2) is 12.1 Å². The molecule has 1 aromatic rings. The second-order valence-corrected chi connectivity index (χ2v) is 8.50. The third-order valence-corrected chi connectivity index (χ3v) is 5.97. The average molecular weight is 527 g/mol. The highest BCUT2D eigenvalue weighted by atomic mass is 19.4. The molecule has 1 aliphatic carbocycles. The average Bonchev–Trinajstić information content (AvgIpc) is 3.58. The van der Waals surface area contributed by atoms with Crippen molar-refractivity contribution in [2.24, 2.45) is 5.41 Å². The van der Waals surface area contributed by atoms with Gasteiger partial charge in [-0.15, -0.1) is 0 Å². The minimum atomic E-state index is -5.84. The van der Waals surface area contributed by atoms with E-state index in [1.54, 1.807) is 0 Å². The van der Waals surface area contributed by atoms with Crippen LogP contribution >= 0.6 is 0 Å². The highest BCUT2D eigenvalue weighted by Gasteiger charge is 2.60. The molecular weight excluding hydrogens is 507 g/mol. The van der Waals surface area contributed by atoms with E-state index in [0.717, 1.165) is 6.07 Å². The number of halogens is 7. The van der Waals surface area contributed by atoms with E-state index in [1.807, 2.05) is 6.07 Å². The van der Waals surface area contributed by atoms with Gasteiger partial charge in [-0.2, -0.15) is 31.6 Å². The highest BCUT2D eigenvalue weighted by Crippen LogP contribution is 2.46. The number of nitrogens with zero attached hydrogens (tertiary/aromatic N) is 3. The van der Waals surface area contributed by atoms with Crippen molar-refractivity contribution in [3.8, 4) is 11.8 Å². The molecule has 1 aromatic carbocycles. The standard InChI is InChI=1S/C21H20F7N3O5/c22-14-1-2-15(35-11-19(3-4-19)17(32)33)12(9-29)13(14)10-30-5-7-31(8-6-30)18(34)36-16(20(23,24)25)21(26,27)28/h1-2,16H,3-8,10-11H2,(H,32,33). The second kappa shape index (κ2) is 10.00. The van der Waals surface area contributed by atoms with E-state index < -0.39 is 41.8 Å². The number of rotatable bonds is 7. The molecule has 0 radical (unpaired) electrons. The molecule has 1 heterocycles. The Labute approximate surface area is 199 Å². The van der Waals surface area contributed by atoms with E-state index in [4.69, 9.17) is 4.74 Å². The maximum Gasteiger partial charge on any atom is 0.434 e. The summed E-state index contributed by atoms with van der Waals surface area (Å²) in [6.45, 7) is -1.11. The molecule has 1 amide bonds. The molecule has 198 valence electrons. The number of hydrogen-bond donors (Lipinski definition) is 1. The molecule has 2 aliphatic rings. The Morgan fingerprint density at radius 3 is 2.14 bits per heavy atom. The van der Waals surface area contributed by atoms with Gasteiger partial charge in [0.05, 0.1) is 0 Å². The lowest BCUT2D eigenvalue weighted by molar-refractivity contribution is -0.308. The van der Waals surface area contributed by atoms with Crippen molar-refractivity contribution >= 4 is 12.1 Å². The van der Waals surface area contributed by atoms with Crippen LogP contribution in [0.5, 0.6) is 5.75 Å². The summed E-state index contributed by atoms with van der Waals surface area (Å²) in [4.78, 5) is 25.4. The van der Waals surface area contributed by atoms with E-state index in [1.165, 1.54) is 11.0 Å². The molecule has 3 rings (SSSR count). The van der Waals surface area contributed by atoms with Gasteiger partial charge in [-0.25, -0.2) is 9.18 Å². The van der Waals surface area contributed by atoms with Crippen molar-refractivity contribution in [2.45, 2.75) is 37.8 Å². The Hall–Kier alpha value is -3.28. The minimum Gasteiger partial charge on any atom is -0.491 e. The summed E-state index contributed by atoms with van der Waals surface area (Å²) in [6, 6.07) is 4.05. The van der Waals surface area contributed by atoms with Crippen molar-refractivity contribution in [2.75, 3.05) is 32.8 Å². The maximum absolute atomic E-state index is 14.5. The number of nitriles is 1. The van der Waals surface area contributed by atoms with Crippen molar-refractivity contribution in [1.29, 1.82) is 5.26 Å². The van der Waals surface area contributed by atoms with Gasteiger partial charge in [-0.1, -0.05) is 0 Å². The van der Waals surface area contributed by atoms with Crippen LogP contribution in [0, 0.1) is 22.6 Å². The van der Waals surface area contributed by atoms with Crippen LogP contribution in [-0.4, -0.2) is 78.2 Å². The molecular formula is C21H20F7N3O5. The number of benzene rings is 1. The van der Waals surface area contributed by atoms with Gasteiger partial charge in [-0.05, 0) is 25.0 Å². The van der Waals surface area contributed by atoms with E-state index >= 15 is 0 Å². The first kappa shape index (κ1) is 27.3. The molecule has 0 atom stereocenters. The van der Waals surface area contributed by atoms with E-state index in [9.17, 15) is 50.7 Å². The van der Waals surface area contributed by atoms with Crippen LogP contribution in [0.25, 0.3) is 0 Å². The number of carbonyl (C=O) groups is 2. The number of ether oxygens (including phenoxy) is 2. The van der Waals surface area contributed by atoms with Crippen molar-refractivity contribution < 1.29 is 54.9 Å². The van der Waals surface area contributed by atoms with E-state index in [2.05, 4.69) is 4.74 Å². The van der Waals surface area contributed by atoms with Gasteiger partial charge < -0.3 is 19.5 Å². The Balaban J connectivity index is 1.63. The number of aliphatic carboxylic acids is 1. The molecule has 0 aromatic heterocycles. The van der Waals surface area contributed by atoms with E-state index in [0.29, 0.717) is 17.7 Å². The second-order valence-electron chi connectivity index (χ2n) is 8.50. The summed E-state index contributed by atoms with van der Waals surface area (Å²) in [7, 11) is 0. The van der Waals surface area contributed by atoms with E-state index in [-0.39, 0.29) is 56.2 Å². The fourth-order valence-electron chi connectivity index (χ4n) is 3.59. The largest absolute Gasteiger partial charge is 0.491 e. The van der Waals surface area contributed by atoms with Crippen LogP contribution in [0.1, 0.15) is 24.0 Å². The first-order valence-electron chi connectivity index (χ1n) is 10.6. The van der Waals surface area contributed by atoms with Gasteiger partial charge in [0.2, 0.25) is 0 Å². The number of amides is 1. The molecule has 1 aliphatic heterocycles. The topological polar surface area (TPSA) is 103 Å². The third-order valence-electron chi connectivity index (χ3n) is 5.97. The molecule has 1 saturated carbocycles. The molecule has 1 N–H and O–H groups in total. The van der Waals surface area contributed by atoms with Gasteiger partial charge >= 0.3 is 24.4 Å². The highest BCUT2D eigenvalue weighted by molar-refractivity contribution is 5.78. The Morgan fingerprint density at radius 1 is 1.08 bits per heavy atom. The molecule has 36 heavy (non-hydrogen) atoms. The van der Waals surface area contributed by atoms with Gasteiger partial charge in [-0.3, -0.25) is 9.69 Å². The predicted octanol–water partition coefficient (Wildman–Crippen LogP) is 3.69.